The zero-order chi connectivity index (χ0) is 9.54. The monoisotopic (exact) mass is 191 g/mol. The molecule has 0 amide bonds. The number of rotatable bonds is 0. The minimum absolute atomic E-state index is 0.0952. The largest absolute Gasteiger partial charge is 0.349 e. The third-order valence-electron chi connectivity index (χ3n) is 2.58. The van der Waals surface area contributed by atoms with Gasteiger partial charge in [-0.15, -0.1) is 0 Å². The highest BCUT2D eigenvalue weighted by atomic mass is 16.5. The van der Waals surface area contributed by atoms with Crippen LogP contribution >= 0.6 is 0 Å². The second-order valence-corrected chi connectivity index (χ2v) is 3.48. The Morgan fingerprint density at radius 2 is 2.36 bits per heavy atom. The van der Waals surface area contributed by atoms with Crippen molar-refractivity contribution in [2.75, 3.05) is 0 Å². The maximum absolute atomic E-state index is 11.8. The van der Waals surface area contributed by atoms with Gasteiger partial charge in [-0.2, -0.15) is 0 Å². The van der Waals surface area contributed by atoms with Gasteiger partial charge in [0, 0.05) is 13.0 Å². The van der Waals surface area contributed by atoms with Crippen molar-refractivity contribution >= 4 is 11.1 Å². The lowest BCUT2D eigenvalue weighted by Gasteiger charge is -2.15. The van der Waals surface area contributed by atoms with E-state index >= 15 is 0 Å². The molecule has 1 aliphatic rings. The lowest BCUT2D eigenvalue weighted by Crippen LogP contribution is -2.27. The summed E-state index contributed by atoms with van der Waals surface area (Å²) >= 11 is 0. The van der Waals surface area contributed by atoms with Crippen molar-refractivity contribution in [2.24, 2.45) is 0 Å². The minimum atomic E-state index is -0.0952. The van der Waals surface area contributed by atoms with Crippen LogP contribution in [-0.4, -0.2) is 14.7 Å². The summed E-state index contributed by atoms with van der Waals surface area (Å²) in [6.45, 7) is 0.748. The number of hydrogen-bond donors (Lipinski definition) is 0. The third-order valence-corrected chi connectivity index (χ3v) is 2.58. The fourth-order valence-electron chi connectivity index (χ4n) is 1.88. The molecule has 0 aromatic carbocycles. The summed E-state index contributed by atoms with van der Waals surface area (Å²) in [5.74, 6) is 0.858. The number of aromatic nitrogens is 3. The Balaban J connectivity index is 2.42. The maximum atomic E-state index is 11.8. The molecule has 0 spiro atoms. The average Bonchev–Trinajstić information content (AvgIpc) is 2.66. The Kier molecular flexibility index (Phi) is 1.47. The summed E-state index contributed by atoms with van der Waals surface area (Å²) in [6, 6.07) is 0. The van der Waals surface area contributed by atoms with Crippen LogP contribution in [0.1, 0.15) is 18.7 Å². The molecule has 0 unspecified atom stereocenters. The molecule has 72 valence electrons. The van der Waals surface area contributed by atoms with Gasteiger partial charge in [-0.25, -0.2) is 4.98 Å². The van der Waals surface area contributed by atoms with E-state index in [1.54, 1.807) is 4.57 Å². The molecule has 0 fully saturated rings. The van der Waals surface area contributed by atoms with Crippen molar-refractivity contribution in [3.8, 4) is 0 Å². The van der Waals surface area contributed by atoms with E-state index in [9.17, 15) is 4.79 Å². The van der Waals surface area contributed by atoms with Gasteiger partial charge in [0.25, 0.3) is 5.56 Å². The van der Waals surface area contributed by atoms with Crippen LogP contribution in [-0.2, 0) is 13.0 Å². The van der Waals surface area contributed by atoms with Crippen LogP contribution in [0.3, 0.4) is 0 Å². The number of hydrogen-bond acceptors (Lipinski definition) is 4. The molecule has 3 heterocycles. The Labute approximate surface area is 79.3 Å². The molecule has 0 bridgehead atoms. The van der Waals surface area contributed by atoms with E-state index in [1.807, 2.05) is 0 Å². The molecule has 0 saturated carbocycles. The molecule has 3 rings (SSSR count). The summed E-state index contributed by atoms with van der Waals surface area (Å²) < 4.78 is 6.56. The predicted octanol–water partition coefficient (Wildman–Crippen LogP) is 0.721. The number of aryl methyl sites for hydroxylation is 1. The molecule has 5 heteroatoms. The quantitative estimate of drug-likeness (QED) is 0.615. The normalized spacial score (nSPS) is 15.7. The van der Waals surface area contributed by atoms with E-state index in [0.717, 1.165) is 31.6 Å². The van der Waals surface area contributed by atoms with E-state index < -0.39 is 0 Å². The molecule has 2 aromatic rings. The van der Waals surface area contributed by atoms with E-state index in [4.69, 9.17) is 4.52 Å². The maximum Gasteiger partial charge on any atom is 0.300 e. The van der Waals surface area contributed by atoms with Crippen LogP contribution in [0, 0.1) is 0 Å². The van der Waals surface area contributed by atoms with Crippen LogP contribution < -0.4 is 5.56 Å². The first-order valence-corrected chi connectivity index (χ1v) is 4.70. The smallest absolute Gasteiger partial charge is 0.300 e. The Morgan fingerprint density at radius 3 is 3.29 bits per heavy atom. The van der Waals surface area contributed by atoms with Crippen LogP contribution in [0.5, 0.6) is 0 Å². The Hall–Kier alpha value is -1.65. The molecule has 2 aromatic heterocycles. The van der Waals surface area contributed by atoms with Crippen LogP contribution in [0.15, 0.2) is 15.5 Å². The summed E-state index contributed by atoms with van der Waals surface area (Å²) in [5, 5.41) is 3.58. The Bertz CT molecular complexity index is 540. The van der Waals surface area contributed by atoms with Crippen molar-refractivity contribution in [3.63, 3.8) is 0 Å². The second kappa shape index (κ2) is 2.67. The third kappa shape index (κ3) is 0.921. The zero-order valence-electron chi connectivity index (χ0n) is 7.56. The predicted molar refractivity (Wildman–Crippen MR) is 49.0 cm³/mol. The molecule has 0 N–H and O–H groups in total. The molecule has 5 nitrogen and oxygen atoms in total. The number of nitrogens with zero attached hydrogens (tertiary/aromatic N) is 3. The zero-order valence-corrected chi connectivity index (χ0v) is 7.56. The van der Waals surface area contributed by atoms with Crippen LogP contribution in [0.2, 0.25) is 0 Å². The van der Waals surface area contributed by atoms with E-state index in [-0.39, 0.29) is 11.1 Å². The van der Waals surface area contributed by atoms with Gasteiger partial charge in [0.15, 0.2) is 0 Å². The van der Waals surface area contributed by atoms with Gasteiger partial charge in [-0.3, -0.25) is 9.36 Å². The second-order valence-electron chi connectivity index (χ2n) is 3.48. The van der Waals surface area contributed by atoms with Crippen molar-refractivity contribution in [1.82, 2.24) is 14.7 Å². The Morgan fingerprint density at radius 1 is 1.43 bits per heavy atom. The van der Waals surface area contributed by atoms with Gasteiger partial charge < -0.3 is 4.52 Å². The molecule has 0 aliphatic carbocycles. The highest BCUT2D eigenvalue weighted by molar-refractivity contribution is 5.69. The van der Waals surface area contributed by atoms with Gasteiger partial charge in [-0.05, 0) is 12.8 Å². The molecule has 1 aliphatic heterocycles. The van der Waals surface area contributed by atoms with Crippen molar-refractivity contribution < 1.29 is 4.52 Å². The van der Waals surface area contributed by atoms with Gasteiger partial charge in [-0.1, -0.05) is 5.16 Å². The molecule has 0 saturated heterocycles. The first-order chi connectivity index (χ1) is 6.86. The minimum Gasteiger partial charge on any atom is -0.349 e. The van der Waals surface area contributed by atoms with E-state index in [1.165, 1.54) is 6.20 Å². The molecular weight excluding hydrogens is 182 g/mol. The molecule has 0 radical (unpaired) electrons. The topological polar surface area (TPSA) is 60.9 Å². The SMILES string of the molecule is O=c1c2oncc2nc2n1CCCC2. The lowest BCUT2D eigenvalue weighted by molar-refractivity contribution is 0.442. The van der Waals surface area contributed by atoms with Gasteiger partial charge >= 0.3 is 0 Å². The van der Waals surface area contributed by atoms with Gasteiger partial charge in [0.05, 0.1) is 6.20 Å². The summed E-state index contributed by atoms with van der Waals surface area (Å²) in [7, 11) is 0. The summed E-state index contributed by atoms with van der Waals surface area (Å²) in [6.07, 6.45) is 4.50. The van der Waals surface area contributed by atoms with E-state index in [0.29, 0.717) is 5.52 Å². The van der Waals surface area contributed by atoms with Crippen LogP contribution in [0.25, 0.3) is 11.1 Å². The van der Waals surface area contributed by atoms with Crippen molar-refractivity contribution in [2.45, 2.75) is 25.8 Å². The van der Waals surface area contributed by atoms with Gasteiger partial charge in [0.2, 0.25) is 5.58 Å². The highest BCUT2D eigenvalue weighted by Crippen LogP contribution is 2.13. The molecular formula is C9H9N3O2. The van der Waals surface area contributed by atoms with Gasteiger partial charge in [0.1, 0.15) is 11.3 Å². The van der Waals surface area contributed by atoms with Crippen molar-refractivity contribution in [3.05, 3.63) is 22.4 Å². The highest BCUT2D eigenvalue weighted by Gasteiger charge is 2.16. The first kappa shape index (κ1) is 7.73. The molecule has 14 heavy (non-hydrogen) atoms. The summed E-state index contributed by atoms with van der Waals surface area (Å²) in [4.78, 5) is 16.2. The van der Waals surface area contributed by atoms with E-state index in [2.05, 4.69) is 10.1 Å². The van der Waals surface area contributed by atoms with Crippen molar-refractivity contribution in [1.29, 1.82) is 0 Å². The standard InChI is InChI=1S/C9H9N3O2/c13-9-8-6(5-10-14-8)11-7-3-1-2-4-12(7)9/h5H,1-4H2. The fourth-order valence-corrected chi connectivity index (χ4v) is 1.88. The lowest BCUT2D eigenvalue weighted by atomic mass is 10.1. The average molecular weight is 191 g/mol. The van der Waals surface area contributed by atoms with Crippen LogP contribution in [0.4, 0.5) is 0 Å². The summed E-state index contributed by atoms with van der Waals surface area (Å²) in [5.41, 5.74) is 0.751. The number of fused-ring (bicyclic) bond motifs is 2. The first-order valence-electron chi connectivity index (χ1n) is 4.70. The fraction of sp³-hybridized carbons (Fsp3) is 0.444. The molecule has 0 atom stereocenters.